The highest BCUT2D eigenvalue weighted by Gasteiger charge is 2.08. The van der Waals surface area contributed by atoms with Gasteiger partial charge in [0.2, 0.25) is 0 Å². The number of ether oxygens (including phenoxy) is 1. The maximum Gasteiger partial charge on any atom is 0.197 e. The summed E-state index contributed by atoms with van der Waals surface area (Å²) in [5.74, 6) is 0.709. The second-order valence-electron chi connectivity index (χ2n) is 4.37. The molecular formula is C15H13NO2. The zero-order valence-electron chi connectivity index (χ0n) is 10.3. The van der Waals surface area contributed by atoms with Crippen LogP contribution in [0.5, 0.6) is 5.75 Å². The lowest BCUT2D eigenvalue weighted by atomic mass is 10.1. The second-order valence-corrected chi connectivity index (χ2v) is 4.37. The van der Waals surface area contributed by atoms with Crippen molar-refractivity contribution in [3.63, 3.8) is 0 Å². The number of benzene rings is 2. The summed E-state index contributed by atoms with van der Waals surface area (Å²) < 4.78 is 5.22. The van der Waals surface area contributed by atoms with Crippen LogP contribution in [0.3, 0.4) is 0 Å². The number of fused-ring (bicyclic) bond motifs is 2. The van der Waals surface area contributed by atoms with E-state index in [1.807, 2.05) is 37.3 Å². The molecule has 0 radical (unpaired) electrons. The summed E-state index contributed by atoms with van der Waals surface area (Å²) in [6, 6.07) is 11.3. The molecule has 90 valence electrons. The summed E-state index contributed by atoms with van der Waals surface area (Å²) in [4.78, 5) is 15.7. The fraction of sp³-hybridized carbons (Fsp3) is 0.133. The standard InChI is InChI=1S/C15H13NO2/c1-9-7-10(18-2)8-12-14(9)16-13-6-4-3-5-11(13)15(12)17/h3-8H,1-2H3,(H,16,17). The Morgan fingerprint density at radius 2 is 1.89 bits per heavy atom. The van der Waals surface area contributed by atoms with Gasteiger partial charge < -0.3 is 9.72 Å². The molecule has 0 bridgehead atoms. The van der Waals surface area contributed by atoms with Crippen molar-refractivity contribution in [2.75, 3.05) is 7.11 Å². The number of methoxy groups -OCH3 is 1. The molecule has 18 heavy (non-hydrogen) atoms. The second kappa shape index (κ2) is 3.88. The third-order valence-corrected chi connectivity index (χ3v) is 3.22. The predicted molar refractivity (Wildman–Crippen MR) is 73.4 cm³/mol. The first-order chi connectivity index (χ1) is 8.70. The molecule has 0 unspecified atom stereocenters. The molecule has 3 heteroatoms. The Hall–Kier alpha value is -2.29. The van der Waals surface area contributed by atoms with Gasteiger partial charge in [0.1, 0.15) is 5.75 Å². The number of H-pyrrole nitrogens is 1. The van der Waals surface area contributed by atoms with Crippen molar-refractivity contribution in [3.8, 4) is 5.75 Å². The molecule has 0 amide bonds. The number of para-hydroxylation sites is 1. The van der Waals surface area contributed by atoms with Gasteiger partial charge >= 0.3 is 0 Å². The Labute approximate surface area is 104 Å². The summed E-state index contributed by atoms with van der Waals surface area (Å²) in [5.41, 5.74) is 2.79. The van der Waals surface area contributed by atoms with Crippen molar-refractivity contribution >= 4 is 21.8 Å². The quantitative estimate of drug-likeness (QED) is 0.663. The zero-order valence-corrected chi connectivity index (χ0v) is 10.3. The summed E-state index contributed by atoms with van der Waals surface area (Å²) in [7, 11) is 1.61. The molecule has 3 rings (SSSR count). The van der Waals surface area contributed by atoms with Crippen LogP contribution in [-0.4, -0.2) is 12.1 Å². The molecule has 0 fully saturated rings. The van der Waals surface area contributed by atoms with Crippen LogP contribution in [0.1, 0.15) is 5.56 Å². The minimum atomic E-state index is 0.0429. The van der Waals surface area contributed by atoms with Crippen LogP contribution in [0.15, 0.2) is 41.2 Å². The largest absolute Gasteiger partial charge is 0.497 e. The SMILES string of the molecule is COc1cc(C)c2[nH]c3ccccc3c(=O)c2c1. The molecule has 0 saturated carbocycles. The van der Waals surface area contributed by atoms with E-state index in [0.29, 0.717) is 16.5 Å². The van der Waals surface area contributed by atoms with Crippen molar-refractivity contribution in [3.05, 3.63) is 52.2 Å². The third-order valence-electron chi connectivity index (χ3n) is 3.22. The number of pyridine rings is 1. The van der Waals surface area contributed by atoms with Gasteiger partial charge in [0, 0.05) is 10.9 Å². The smallest absolute Gasteiger partial charge is 0.197 e. The maximum absolute atomic E-state index is 12.4. The number of aryl methyl sites for hydroxylation is 1. The van der Waals surface area contributed by atoms with Crippen LogP contribution in [0.25, 0.3) is 21.8 Å². The molecule has 3 aromatic rings. The Kier molecular flexibility index (Phi) is 2.33. The average molecular weight is 239 g/mol. The number of hydrogen-bond donors (Lipinski definition) is 1. The van der Waals surface area contributed by atoms with Crippen molar-refractivity contribution in [1.82, 2.24) is 4.98 Å². The van der Waals surface area contributed by atoms with Gasteiger partial charge in [-0.05, 0) is 36.8 Å². The third kappa shape index (κ3) is 1.48. The van der Waals surface area contributed by atoms with Gasteiger partial charge in [0.15, 0.2) is 5.43 Å². The van der Waals surface area contributed by atoms with E-state index in [4.69, 9.17) is 4.74 Å². The van der Waals surface area contributed by atoms with Gasteiger partial charge in [-0.1, -0.05) is 12.1 Å². The van der Waals surface area contributed by atoms with Crippen molar-refractivity contribution in [2.24, 2.45) is 0 Å². The Balaban J connectivity index is 2.56. The van der Waals surface area contributed by atoms with E-state index in [1.165, 1.54) is 0 Å². The molecule has 0 atom stereocenters. The van der Waals surface area contributed by atoms with Crippen LogP contribution in [0.4, 0.5) is 0 Å². The minimum Gasteiger partial charge on any atom is -0.497 e. The van der Waals surface area contributed by atoms with Gasteiger partial charge in [0.25, 0.3) is 0 Å². The van der Waals surface area contributed by atoms with Gasteiger partial charge in [-0.2, -0.15) is 0 Å². The molecular weight excluding hydrogens is 226 g/mol. The normalized spacial score (nSPS) is 11.0. The average Bonchev–Trinajstić information content (AvgIpc) is 2.40. The molecule has 0 saturated heterocycles. The first kappa shape index (κ1) is 10.8. The number of nitrogens with one attached hydrogen (secondary N) is 1. The van der Waals surface area contributed by atoms with Gasteiger partial charge in [-0.25, -0.2) is 0 Å². The molecule has 1 heterocycles. The summed E-state index contributed by atoms with van der Waals surface area (Å²) in [6.07, 6.45) is 0. The van der Waals surface area contributed by atoms with Crippen LogP contribution in [-0.2, 0) is 0 Å². The lowest BCUT2D eigenvalue weighted by Gasteiger charge is -2.07. The molecule has 1 N–H and O–H groups in total. The van der Waals surface area contributed by atoms with Crippen LogP contribution in [0.2, 0.25) is 0 Å². The summed E-state index contributed by atoms with van der Waals surface area (Å²) in [6.45, 7) is 1.97. The lowest BCUT2D eigenvalue weighted by Crippen LogP contribution is -2.05. The van der Waals surface area contributed by atoms with Crippen molar-refractivity contribution in [2.45, 2.75) is 6.92 Å². The van der Waals surface area contributed by atoms with Gasteiger partial charge in [-0.15, -0.1) is 0 Å². The topological polar surface area (TPSA) is 42.1 Å². The molecule has 0 aliphatic carbocycles. The molecule has 2 aromatic carbocycles. The van der Waals surface area contributed by atoms with Crippen LogP contribution in [0, 0.1) is 6.92 Å². The highest BCUT2D eigenvalue weighted by Crippen LogP contribution is 2.23. The molecule has 0 aliphatic rings. The summed E-state index contributed by atoms with van der Waals surface area (Å²) >= 11 is 0. The Morgan fingerprint density at radius 1 is 1.11 bits per heavy atom. The van der Waals surface area contributed by atoms with Gasteiger partial charge in [-0.3, -0.25) is 4.79 Å². The highest BCUT2D eigenvalue weighted by atomic mass is 16.5. The van der Waals surface area contributed by atoms with Gasteiger partial charge in [0.05, 0.1) is 18.0 Å². The highest BCUT2D eigenvalue weighted by molar-refractivity contribution is 5.94. The van der Waals surface area contributed by atoms with Crippen molar-refractivity contribution < 1.29 is 4.74 Å². The first-order valence-electron chi connectivity index (χ1n) is 5.80. The van der Waals surface area contributed by atoms with Crippen LogP contribution < -0.4 is 10.2 Å². The molecule has 3 nitrogen and oxygen atoms in total. The Bertz CT molecular complexity index is 803. The van der Waals surface area contributed by atoms with E-state index in [1.54, 1.807) is 13.2 Å². The van der Waals surface area contributed by atoms with E-state index in [-0.39, 0.29) is 5.43 Å². The number of rotatable bonds is 1. The number of aromatic nitrogens is 1. The van der Waals surface area contributed by atoms with E-state index in [9.17, 15) is 4.79 Å². The molecule has 1 aromatic heterocycles. The van der Waals surface area contributed by atoms with Crippen molar-refractivity contribution in [1.29, 1.82) is 0 Å². The first-order valence-corrected chi connectivity index (χ1v) is 5.80. The Morgan fingerprint density at radius 3 is 2.67 bits per heavy atom. The monoisotopic (exact) mass is 239 g/mol. The van der Waals surface area contributed by atoms with E-state index in [2.05, 4.69) is 4.98 Å². The van der Waals surface area contributed by atoms with E-state index >= 15 is 0 Å². The minimum absolute atomic E-state index is 0.0429. The van der Waals surface area contributed by atoms with E-state index in [0.717, 1.165) is 16.6 Å². The maximum atomic E-state index is 12.4. The zero-order chi connectivity index (χ0) is 12.7. The summed E-state index contributed by atoms with van der Waals surface area (Å²) in [5, 5.41) is 1.38. The fourth-order valence-electron chi connectivity index (χ4n) is 2.29. The molecule has 0 spiro atoms. The van der Waals surface area contributed by atoms with E-state index < -0.39 is 0 Å². The molecule has 0 aliphatic heterocycles. The number of aromatic amines is 1. The number of hydrogen-bond acceptors (Lipinski definition) is 2. The predicted octanol–water partition coefficient (Wildman–Crippen LogP) is 3.00. The lowest BCUT2D eigenvalue weighted by molar-refractivity contribution is 0.415. The fourth-order valence-corrected chi connectivity index (χ4v) is 2.29. The van der Waals surface area contributed by atoms with Crippen LogP contribution >= 0.6 is 0 Å².